The normalized spacial score (nSPS) is 13.6. The molecule has 2 heterocycles. The molecule has 0 fully saturated rings. The molecule has 0 spiro atoms. The van der Waals surface area contributed by atoms with Crippen molar-refractivity contribution >= 4 is 55.7 Å². The maximum Gasteiger partial charge on any atom is 0.0644 e. The van der Waals surface area contributed by atoms with E-state index >= 15 is 0 Å². The van der Waals surface area contributed by atoms with Gasteiger partial charge in [0.05, 0.1) is 23.8 Å². The molecule has 4 aliphatic rings. The second kappa shape index (κ2) is 18.2. The van der Waals surface area contributed by atoms with Gasteiger partial charge in [-0.25, -0.2) is 0 Å². The first-order chi connectivity index (χ1) is 40.2. The van der Waals surface area contributed by atoms with Gasteiger partial charge < -0.3 is 9.80 Å². The zero-order chi connectivity index (χ0) is 54.8. The third-order valence-electron chi connectivity index (χ3n) is 18.1. The fourth-order valence-corrected chi connectivity index (χ4v) is 14.3. The largest absolute Gasteiger partial charge is 0.309 e. The first-order valence-electron chi connectivity index (χ1n) is 28.5. The average molecular weight is 1050 g/mol. The van der Waals surface area contributed by atoms with Crippen molar-refractivity contribution in [2.24, 2.45) is 0 Å². The molecule has 17 rings (SSSR count). The molecule has 0 N–H and O–H groups in total. The predicted octanol–water partition coefficient (Wildman–Crippen LogP) is 21.0. The Bertz CT molecular complexity index is 4640. The van der Waals surface area contributed by atoms with E-state index in [1.807, 2.05) is 36.9 Å². The number of rotatable bonds is 7. The van der Waals surface area contributed by atoms with Gasteiger partial charge in [0.2, 0.25) is 0 Å². The molecule has 4 heteroatoms. The van der Waals surface area contributed by atoms with Crippen LogP contribution in [0.15, 0.2) is 267 Å². The molecule has 0 saturated carbocycles. The van der Waals surface area contributed by atoms with Gasteiger partial charge in [-0.05, 0) is 213 Å². The number of hydrogen-bond acceptors (Lipinski definition) is 4. The van der Waals surface area contributed by atoms with Crippen LogP contribution in [0.3, 0.4) is 0 Å². The minimum Gasteiger partial charge on any atom is -0.309 e. The summed E-state index contributed by atoms with van der Waals surface area (Å²) in [5, 5.41) is 5.49. The Morgan fingerprint density at radius 2 is 0.683 bits per heavy atom. The Morgan fingerprint density at radius 1 is 0.268 bits per heavy atom. The second-order valence-corrected chi connectivity index (χ2v) is 23.3. The molecule has 0 aliphatic heterocycles. The molecule has 0 bridgehead atoms. The van der Waals surface area contributed by atoms with E-state index in [1.54, 1.807) is 0 Å². The Kier molecular flexibility index (Phi) is 10.6. The van der Waals surface area contributed by atoms with Gasteiger partial charge in [-0.3, -0.25) is 9.97 Å². The monoisotopic (exact) mass is 1050 g/mol. The van der Waals surface area contributed by atoms with Crippen molar-refractivity contribution in [1.29, 1.82) is 0 Å². The van der Waals surface area contributed by atoms with E-state index < -0.39 is 0 Å². The van der Waals surface area contributed by atoms with E-state index in [0.717, 1.165) is 34.1 Å². The molecule has 11 aromatic carbocycles. The SMILES string of the molecule is CC1(C)c2ccccc2-c2c1cc1c3c(cccc23)-c2ccc(-c3ccc(N(c4ccccc4)c4cccnc4)cc3)cc2-1.CC1(C)c2ccccc2-c2c1cc1c3c(cccc23)-c2ccc(N(c3ccccc3)c3cccnc3)cc2-1. The molecule has 82 heavy (non-hydrogen) atoms. The molecule has 388 valence electrons. The molecule has 2 aromatic heterocycles. The van der Waals surface area contributed by atoms with Crippen LogP contribution in [-0.2, 0) is 10.8 Å². The van der Waals surface area contributed by atoms with Crippen LogP contribution in [0.1, 0.15) is 49.9 Å². The zero-order valence-corrected chi connectivity index (χ0v) is 46.2. The smallest absolute Gasteiger partial charge is 0.0644 e. The van der Waals surface area contributed by atoms with Crippen molar-refractivity contribution in [3.05, 3.63) is 290 Å². The molecular formula is C78H56N4. The first-order valence-corrected chi connectivity index (χ1v) is 28.5. The van der Waals surface area contributed by atoms with E-state index in [1.165, 1.54) is 122 Å². The molecule has 0 amide bonds. The van der Waals surface area contributed by atoms with Crippen LogP contribution in [-0.4, -0.2) is 9.97 Å². The van der Waals surface area contributed by atoms with Gasteiger partial charge in [-0.15, -0.1) is 0 Å². The van der Waals surface area contributed by atoms with Gasteiger partial charge in [0.25, 0.3) is 0 Å². The lowest BCUT2D eigenvalue weighted by Crippen LogP contribution is -2.15. The Balaban J connectivity index is 0.000000136. The topological polar surface area (TPSA) is 32.3 Å². The van der Waals surface area contributed by atoms with Crippen LogP contribution in [0.2, 0.25) is 0 Å². The summed E-state index contributed by atoms with van der Waals surface area (Å²) in [5.74, 6) is 0. The molecule has 0 unspecified atom stereocenters. The zero-order valence-electron chi connectivity index (χ0n) is 46.2. The lowest BCUT2D eigenvalue weighted by atomic mass is 9.81. The lowest BCUT2D eigenvalue weighted by Gasteiger charge is -2.26. The number of anilines is 6. The first kappa shape index (κ1) is 47.8. The highest BCUT2D eigenvalue weighted by atomic mass is 15.2. The quantitative estimate of drug-likeness (QED) is 0.159. The highest BCUT2D eigenvalue weighted by Gasteiger charge is 2.40. The number of hydrogen-bond donors (Lipinski definition) is 0. The number of fused-ring (bicyclic) bond motifs is 14. The van der Waals surface area contributed by atoms with Crippen LogP contribution < -0.4 is 9.80 Å². The van der Waals surface area contributed by atoms with Crippen LogP contribution in [0.4, 0.5) is 34.1 Å². The second-order valence-electron chi connectivity index (χ2n) is 23.3. The summed E-state index contributed by atoms with van der Waals surface area (Å²) < 4.78 is 0. The van der Waals surface area contributed by atoms with Crippen LogP contribution >= 0.6 is 0 Å². The molecule has 0 saturated heterocycles. The van der Waals surface area contributed by atoms with Gasteiger partial charge >= 0.3 is 0 Å². The standard InChI is InChI=1S/C42H30N2.C36H26N2/c1-42(2)38-16-7-6-13-34(38)41-35-15-8-14-33-32-22-19-28(24-36(32)37(40(33)35)25-39(41)42)27-17-20-30(21-18-27)44(29-10-4-3-5-11-29)31-12-9-23-43-26-31;1-36(2)32-16-7-6-13-28(32)35-29-15-8-14-27-26-18-17-24(20-30(26)31(34(27)29)21-33(35)36)38(23-10-4-3-5-11-23)25-12-9-19-37-22-25/h3-26H,1-2H3;3-22H,1-2H3. The predicted molar refractivity (Wildman–Crippen MR) is 342 cm³/mol. The maximum atomic E-state index is 4.43. The third kappa shape index (κ3) is 7.10. The van der Waals surface area contributed by atoms with Gasteiger partial charge in [-0.1, -0.05) is 179 Å². The summed E-state index contributed by atoms with van der Waals surface area (Å²) in [4.78, 5) is 13.4. The Hall–Kier alpha value is -10.2. The Morgan fingerprint density at radius 3 is 1.20 bits per heavy atom. The maximum absolute atomic E-state index is 4.43. The summed E-state index contributed by atoms with van der Waals surface area (Å²) in [6.45, 7) is 9.48. The molecule has 0 atom stereocenters. The van der Waals surface area contributed by atoms with Gasteiger partial charge in [-0.2, -0.15) is 0 Å². The highest BCUT2D eigenvalue weighted by molar-refractivity contribution is 6.22. The van der Waals surface area contributed by atoms with Crippen molar-refractivity contribution in [1.82, 2.24) is 9.97 Å². The highest BCUT2D eigenvalue weighted by Crippen LogP contribution is 2.60. The minimum atomic E-state index is -0.0429. The van der Waals surface area contributed by atoms with Gasteiger partial charge in [0.1, 0.15) is 0 Å². The molecule has 0 radical (unpaired) electrons. The number of benzene rings is 11. The van der Waals surface area contributed by atoms with E-state index in [9.17, 15) is 0 Å². The van der Waals surface area contributed by atoms with Crippen molar-refractivity contribution in [3.63, 3.8) is 0 Å². The molecular weight excluding hydrogens is 993 g/mol. The summed E-state index contributed by atoms with van der Waals surface area (Å²) >= 11 is 0. The van der Waals surface area contributed by atoms with E-state index in [2.05, 4.69) is 278 Å². The summed E-state index contributed by atoms with van der Waals surface area (Å²) in [5.41, 5.74) is 30.8. The van der Waals surface area contributed by atoms with Crippen LogP contribution in [0.25, 0.3) is 99.4 Å². The fourth-order valence-electron chi connectivity index (χ4n) is 14.3. The molecule has 4 aliphatic carbocycles. The van der Waals surface area contributed by atoms with Crippen molar-refractivity contribution in [2.45, 2.75) is 38.5 Å². The fraction of sp³-hybridized carbons (Fsp3) is 0.0769. The number of aromatic nitrogens is 2. The number of para-hydroxylation sites is 2. The molecule has 4 nitrogen and oxygen atoms in total. The summed E-state index contributed by atoms with van der Waals surface area (Å²) in [6.07, 6.45) is 7.49. The summed E-state index contributed by atoms with van der Waals surface area (Å²) in [7, 11) is 0. The van der Waals surface area contributed by atoms with E-state index in [4.69, 9.17) is 0 Å². The number of nitrogens with zero attached hydrogens (tertiary/aromatic N) is 4. The van der Waals surface area contributed by atoms with E-state index in [-0.39, 0.29) is 10.8 Å². The van der Waals surface area contributed by atoms with Crippen LogP contribution in [0.5, 0.6) is 0 Å². The Labute approximate surface area is 478 Å². The minimum absolute atomic E-state index is 0.0400. The number of pyridine rings is 2. The van der Waals surface area contributed by atoms with Crippen molar-refractivity contribution in [2.75, 3.05) is 9.80 Å². The average Bonchev–Trinajstić information content (AvgIpc) is 2.62. The third-order valence-corrected chi connectivity index (χ3v) is 18.1. The summed E-state index contributed by atoms with van der Waals surface area (Å²) in [6, 6.07) is 88.6. The van der Waals surface area contributed by atoms with Crippen molar-refractivity contribution < 1.29 is 0 Å². The van der Waals surface area contributed by atoms with Gasteiger partial charge in [0.15, 0.2) is 0 Å². The van der Waals surface area contributed by atoms with Crippen LogP contribution in [0, 0.1) is 0 Å². The van der Waals surface area contributed by atoms with Gasteiger partial charge in [0, 0.05) is 46.0 Å². The lowest BCUT2D eigenvalue weighted by molar-refractivity contribution is 0.661. The van der Waals surface area contributed by atoms with Crippen molar-refractivity contribution in [3.8, 4) is 77.9 Å². The van der Waals surface area contributed by atoms with E-state index in [0.29, 0.717) is 0 Å². The molecule has 13 aromatic rings.